The van der Waals surface area contributed by atoms with Gasteiger partial charge in [0.25, 0.3) is 0 Å². The Morgan fingerprint density at radius 3 is 2.12 bits per heavy atom. The second-order valence-electron chi connectivity index (χ2n) is 18.9. The zero-order chi connectivity index (χ0) is 37.7. The molecular weight excluding hydrogens is 656 g/mol. The third-order valence-electron chi connectivity index (χ3n) is 16.2. The summed E-state index contributed by atoms with van der Waals surface area (Å²) in [5, 5.41) is 45.3. The lowest BCUT2D eigenvalue weighted by Gasteiger charge is -2.72. The van der Waals surface area contributed by atoms with Crippen LogP contribution >= 0.6 is 0 Å². The van der Waals surface area contributed by atoms with Gasteiger partial charge in [-0.25, -0.2) is 0 Å². The minimum Gasteiger partial charge on any atom is -0.481 e. The standard InChI is InChI=1S/C40H62O11/c1-21-31(50-22(2)41)32(51-23(3)42)30(45)33(49-21)48-20-37(6)26-12-13-39(8)27(40(26,9)29(44)18-28(37)43)11-10-24-25-19-36(5,34(46)47)15-14-35(25,4)16-17-38(24,39)7/h10,21,25-33,43-45H,11-20H2,1-9H3,(H,46,47)/t21-,25-,26+,27-,28-,29-,30+,31-,32-,33+,35+,36+,37-,38+,39+,40-/m0/s1. The van der Waals surface area contributed by atoms with Crippen LogP contribution in [-0.4, -0.2) is 87.9 Å². The number of carboxylic acid groups (broad SMARTS) is 1. The summed E-state index contributed by atoms with van der Waals surface area (Å²) in [6.07, 6.45) is 2.07. The molecule has 288 valence electrons. The summed E-state index contributed by atoms with van der Waals surface area (Å²) < 4.78 is 23.1. The Kier molecular flexibility index (Phi) is 9.69. The van der Waals surface area contributed by atoms with Gasteiger partial charge in [-0.15, -0.1) is 0 Å². The maximum Gasteiger partial charge on any atom is 0.309 e. The maximum absolute atomic E-state index is 12.5. The van der Waals surface area contributed by atoms with Crippen molar-refractivity contribution in [1.82, 2.24) is 0 Å². The van der Waals surface area contributed by atoms with Gasteiger partial charge < -0.3 is 39.4 Å². The minimum absolute atomic E-state index is 0.0244. The second-order valence-corrected chi connectivity index (χ2v) is 18.9. The average molecular weight is 719 g/mol. The number of carboxylic acids is 1. The Balaban J connectivity index is 1.29. The molecule has 0 spiro atoms. The number of ether oxygens (including phenoxy) is 4. The van der Waals surface area contributed by atoms with E-state index in [4.69, 9.17) is 18.9 Å². The Morgan fingerprint density at radius 2 is 1.49 bits per heavy atom. The number of aliphatic hydroxyl groups is 3. The van der Waals surface area contributed by atoms with Gasteiger partial charge in [0.1, 0.15) is 6.10 Å². The molecule has 1 aliphatic heterocycles. The van der Waals surface area contributed by atoms with Gasteiger partial charge in [-0.3, -0.25) is 14.4 Å². The van der Waals surface area contributed by atoms with Crippen LogP contribution in [0.3, 0.4) is 0 Å². The molecule has 6 aliphatic rings. The topological polar surface area (TPSA) is 169 Å². The number of aliphatic carboxylic acids is 1. The van der Waals surface area contributed by atoms with E-state index in [1.165, 1.54) is 19.4 Å². The first-order valence-electron chi connectivity index (χ1n) is 19.2. The van der Waals surface area contributed by atoms with E-state index >= 15 is 0 Å². The predicted molar refractivity (Wildman–Crippen MR) is 186 cm³/mol. The zero-order valence-electron chi connectivity index (χ0n) is 32.1. The molecule has 0 aromatic heterocycles. The van der Waals surface area contributed by atoms with Gasteiger partial charge in [-0.05, 0) is 99.2 Å². The van der Waals surface area contributed by atoms with Crippen molar-refractivity contribution in [1.29, 1.82) is 0 Å². The first kappa shape index (κ1) is 38.7. The van der Waals surface area contributed by atoms with Crippen LogP contribution in [0.5, 0.6) is 0 Å². The van der Waals surface area contributed by atoms with Crippen molar-refractivity contribution in [2.75, 3.05) is 6.61 Å². The fourth-order valence-electron chi connectivity index (χ4n) is 12.6. The normalized spacial score (nSPS) is 52.2. The average Bonchev–Trinajstić information content (AvgIpc) is 3.03. The summed E-state index contributed by atoms with van der Waals surface area (Å²) in [4.78, 5) is 36.3. The van der Waals surface area contributed by atoms with Gasteiger partial charge in [0.15, 0.2) is 18.5 Å². The molecule has 0 aromatic rings. The number of fused-ring (bicyclic) bond motifs is 7. The SMILES string of the molecule is CC(=O)O[C@@H]1[C@@H](OC(C)=O)[C@@H](O)[C@H](OC[C@@]2(C)[C@H]3CC[C@]4(C)[C@H](CC=C5[C@@H]6C[C@](C)(C(=O)O)CC[C@]6(C)CC[C@]54C)[C@@]3(C)[C@@H](O)C[C@@H]2O)O[C@H]1C. The fourth-order valence-corrected chi connectivity index (χ4v) is 12.6. The smallest absolute Gasteiger partial charge is 0.309 e. The highest BCUT2D eigenvalue weighted by Crippen LogP contribution is 2.75. The van der Waals surface area contributed by atoms with E-state index in [-0.39, 0.29) is 47.0 Å². The van der Waals surface area contributed by atoms with Crippen LogP contribution in [0.4, 0.5) is 0 Å². The van der Waals surface area contributed by atoms with Crippen LogP contribution < -0.4 is 0 Å². The van der Waals surface area contributed by atoms with Gasteiger partial charge in [-0.1, -0.05) is 46.3 Å². The van der Waals surface area contributed by atoms with Crippen LogP contribution in [0.1, 0.15) is 120 Å². The van der Waals surface area contributed by atoms with Gasteiger partial charge in [0.2, 0.25) is 0 Å². The number of rotatable bonds is 6. The molecule has 0 radical (unpaired) electrons. The molecule has 6 rings (SSSR count). The van der Waals surface area contributed by atoms with Crippen molar-refractivity contribution in [3.63, 3.8) is 0 Å². The molecule has 1 heterocycles. The third-order valence-corrected chi connectivity index (χ3v) is 16.2. The minimum atomic E-state index is -1.45. The van der Waals surface area contributed by atoms with Gasteiger partial charge in [0.05, 0.1) is 30.3 Å². The molecule has 11 heteroatoms. The summed E-state index contributed by atoms with van der Waals surface area (Å²) in [7, 11) is 0. The lowest BCUT2D eigenvalue weighted by atomic mass is 9.33. The number of allylic oxidation sites excluding steroid dienone is 2. The Labute approximate surface area is 302 Å². The van der Waals surface area contributed by atoms with Crippen LogP contribution in [0, 0.1) is 50.2 Å². The fraction of sp³-hybridized carbons (Fsp3) is 0.875. The van der Waals surface area contributed by atoms with Crippen LogP contribution in [0.2, 0.25) is 0 Å². The summed E-state index contributed by atoms with van der Waals surface area (Å²) in [6, 6.07) is 0. The monoisotopic (exact) mass is 718 g/mol. The van der Waals surface area contributed by atoms with Crippen LogP contribution in [0.15, 0.2) is 11.6 Å². The predicted octanol–water partition coefficient (Wildman–Crippen LogP) is 5.17. The van der Waals surface area contributed by atoms with E-state index in [1.807, 2.05) is 13.8 Å². The van der Waals surface area contributed by atoms with Crippen LogP contribution in [0.25, 0.3) is 0 Å². The molecule has 51 heavy (non-hydrogen) atoms. The molecule has 4 N–H and O–H groups in total. The quantitative estimate of drug-likeness (QED) is 0.211. The highest BCUT2D eigenvalue weighted by atomic mass is 16.7. The summed E-state index contributed by atoms with van der Waals surface area (Å²) in [6.45, 7) is 17.4. The van der Waals surface area contributed by atoms with Gasteiger partial charge in [0, 0.05) is 31.1 Å². The molecule has 11 nitrogen and oxygen atoms in total. The number of esters is 2. The lowest BCUT2D eigenvalue weighted by molar-refractivity contribution is -0.316. The van der Waals surface area contributed by atoms with E-state index in [0.717, 1.165) is 38.5 Å². The van der Waals surface area contributed by atoms with Crippen molar-refractivity contribution in [2.45, 2.75) is 163 Å². The highest BCUT2D eigenvalue weighted by Gasteiger charge is 2.71. The first-order valence-corrected chi connectivity index (χ1v) is 19.2. The van der Waals surface area contributed by atoms with Gasteiger partial charge in [-0.2, -0.15) is 0 Å². The third kappa shape index (κ3) is 5.73. The number of carbonyl (C=O) groups is 3. The molecular formula is C40H62O11. The number of carbonyl (C=O) groups excluding carboxylic acids is 2. The molecule has 0 unspecified atom stereocenters. The number of aliphatic hydroxyl groups excluding tert-OH is 3. The summed E-state index contributed by atoms with van der Waals surface area (Å²) in [5.41, 5.74) is -0.944. The molecule has 0 amide bonds. The zero-order valence-corrected chi connectivity index (χ0v) is 32.1. The number of hydrogen-bond acceptors (Lipinski definition) is 10. The van der Waals surface area contributed by atoms with Crippen LogP contribution in [-0.2, 0) is 33.3 Å². The van der Waals surface area contributed by atoms with E-state index in [1.54, 1.807) is 6.92 Å². The maximum atomic E-state index is 12.5. The Hall–Kier alpha value is -2.05. The van der Waals surface area contributed by atoms with Gasteiger partial charge >= 0.3 is 17.9 Å². The highest BCUT2D eigenvalue weighted by molar-refractivity contribution is 5.74. The van der Waals surface area contributed by atoms with Crippen molar-refractivity contribution in [2.24, 2.45) is 50.2 Å². The molecule has 5 fully saturated rings. The molecule has 0 bridgehead atoms. The Bertz CT molecular complexity index is 1450. The van der Waals surface area contributed by atoms with E-state index in [2.05, 4.69) is 33.8 Å². The van der Waals surface area contributed by atoms with E-state index in [0.29, 0.717) is 12.8 Å². The van der Waals surface area contributed by atoms with E-state index in [9.17, 15) is 34.8 Å². The van der Waals surface area contributed by atoms with Crippen molar-refractivity contribution < 1.29 is 53.8 Å². The first-order chi connectivity index (χ1) is 23.6. The Morgan fingerprint density at radius 1 is 0.863 bits per heavy atom. The molecule has 0 aromatic carbocycles. The second kappa shape index (κ2) is 12.8. The van der Waals surface area contributed by atoms with Crippen molar-refractivity contribution in [3.8, 4) is 0 Å². The van der Waals surface area contributed by atoms with Crippen molar-refractivity contribution >= 4 is 17.9 Å². The molecule has 4 saturated carbocycles. The lowest BCUT2D eigenvalue weighted by Crippen LogP contribution is -2.69. The summed E-state index contributed by atoms with van der Waals surface area (Å²) >= 11 is 0. The van der Waals surface area contributed by atoms with E-state index < -0.39 is 77.1 Å². The largest absolute Gasteiger partial charge is 0.481 e. The molecule has 1 saturated heterocycles. The number of hydrogen-bond donors (Lipinski definition) is 4. The molecule has 5 aliphatic carbocycles. The summed E-state index contributed by atoms with van der Waals surface area (Å²) in [5.74, 6) is -1.77. The molecule has 16 atom stereocenters. The van der Waals surface area contributed by atoms with Crippen molar-refractivity contribution in [3.05, 3.63) is 11.6 Å².